The van der Waals surface area contributed by atoms with Gasteiger partial charge in [-0.15, -0.1) is 24.8 Å². The Morgan fingerprint density at radius 1 is 1.31 bits per heavy atom. The summed E-state index contributed by atoms with van der Waals surface area (Å²) < 4.78 is 11.5. The Kier molecular flexibility index (Phi) is 9.97. The minimum absolute atomic E-state index is 0. The quantitative estimate of drug-likeness (QED) is 0.725. The number of furan rings is 1. The lowest BCUT2D eigenvalue weighted by molar-refractivity contribution is 0.0537. The summed E-state index contributed by atoms with van der Waals surface area (Å²) in [4.78, 5) is 15.0. The van der Waals surface area contributed by atoms with Crippen LogP contribution in [-0.4, -0.2) is 55.7 Å². The number of hydrogen-bond donors (Lipinski definition) is 2. The number of nitrogens with one attached hydrogen (secondary N) is 2. The highest BCUT2D eigenvalue weighted by Gasteiger charge is 2.30. The molecule has 0 aromatic carbocycles. The van der Waals surface area contributed by atoms with Crippen molar-refractivity contribution in [3.63, 3.8) is 0 Å². The number of ether oxygens (including phenoxy) is 1. The highest BCUT2D eigenvalue weighted by molar-refractivity contribution is 5.92. The molecule has 0 bridgehead atoms. The predicted octanol–water partition coefficient (Wildman–Crippen LogP) is 2.39. The van der Waals surface area contributed by atoms with Gasteiger partial charge in [0.05, 0.1) is 12.1 Å². The van der Waals surface area contributed by atoms with Crippen molar-refractivity contribution in [2.45, 2.75) is 51.8 Å². The van der Waals surface area contributed by atoms with E-state index in [1.807, 2.05) is 13.0 Å². The number of halogens is 2. The summed E-state index contributed by atoms with van der Waals surface area (Å²) in [6.45, 7) is 9.36. The van der Waals surface area contributed by atoms with Gasteiger partial charge in [0.15, 0.2) is 5.76 Å². The van der Waals surface area contributed by atoms with E-state index in [1.165, 1.54) is 12.8 Å². The van der Waals surface area contributed by atoms with Crippen molar-refractivity contribution in [1.29, 1.82) is 0 Å². The fourth-order valence-corrected chi connectivity index (χ4v) is 3.62. The molecule has 8 heteroatoms. The largest absolute Gasteiger partial charge is 0.456 e. The van der Waals surface area contributed by atoms with Crippen molar-refractivity contribution in [3.05, 3.63) is 23.2 Å². The van der Waals surface area contributed by atoms with Gasteiger partial charge in [-0.3, -0.25) is 9.69 Å². The minimum atomic E-state index is -0.143. The maximum atomic E-state index is 12.6. The van der Waals surface area contributed by atoms with E-state index in [0.717, 1.165) is 50.5 Å². The van der Waals surface area contributed by atoms with E-state index >= 15 is 0 Å². The first kappa shape index (κ1) is 23.2. The third-order valence-corrected chi connectivity index (χ3v) is 4.89. The van der Waals surface area contributed by atoms with Crippen LogP contribution in [0, 0.1) is 0 Å². The Labute approximate surface area is 168 Å². The number of hydrogen-bond acceptors (Lipinski definition) is 5. The van der Waals surface area contributed by atoms with Gasteiger partial charge in [0.2, 0.25) is 0 Å². The van der Waals surface area contributed by atoms with Gasteiger partial charge in [-0.25, -0.2) is 0 Å². The molecule has 3 heterocycles. The average molecular weight is 408 g/mol. The van der Waals surface area contributed by atoms with Crippen molar-refractivity contribution in [3.8, 4) is 0 Å². The molecule has 0 aliphatic carbocycles. The third kappa shape index (κ3) is 5.60. The number of likely N-dealkylation sites (tertiary alicyclic amines) is 1. The highest BCUT2D eigenvalue weighted by atomic mass is 35.5. The summed E-state index contributed by atoms with van der Waals surface area (Å²) in [5.41, 5.74) is 1.15. The van der Waals surface area contributed by atoms with Gasteiger partial charge in [0.25, 0.3) is 5.91 Å². The van der Waals surface area contributed by atoms with Crippen molar-refractivity contribution < 1.29 is 13.9 Å². The lowest BCUT2D eigenvalue weighted by atomic mass is 10.2. The summed E-state index contributed by atoms with van der Waals surface area (Å²) in [5, 5.41) is 6.32. The van der Waals surface area contributed by atoms with Crippen LogP contribution in [0.25, 0.3) is 0 Å². The Bertz CT molecular complexity index is 562. The van der Waals surface area contributed by atoms with Crippen LogP contribution in [0.2, 0.25) is 0 Å². The van der Waals surface area contributed by atoms with Crippen LogP contribution in [0.15, 0.2) is 10.5 Å². The number of amides is 1. The molecule has 2 aliphatic rings. The van der Waals surface area contributed by atoms with Crippen molar-refractivity contribution in [1.82, 2.24) is 15.5 Å². The molecule has 0 spiro atoms. The van der Waals surface area contributed by atoms with Gasteiger partial charge >= 0.3 is 0 Å². The SMILES string of the molecule is CCO[C@H]1CNC[C@@H]1NC(=O)c1cc(CN2CCCC2)c(CC)o1.Cl.Cl. The molecule has 1 aromatic rings. The fourth-order valence-electron chi connectivity index (χ4n) is 3.62. The number of carbonyl (C=O) groups excluding carboxylic acids is 1. The highest BCUT2D eigenvalue weighted by Crippen LogP contribution is 2.21. The second kappa shape index (κ2) is 11.1. The van der Waals surface area contributed by atoms with Crippen molar-refractivity contribution in [2.75, 3.05) is 32.8 Å². The molecule has 2 aliphatic heterocycles. The number of aryl methyl sites for hydroxylation is 1. The summed E-state index contributed by atoms with van der Waals surface area (Å²) >= 11 is 0. The molecule has 0 radical (unpaired) electrons. The molecule has 26 heavy (non-hydrogen) atoms. The molecule has 2 fully saturated rings. The minimum Gasteiger partial charge on any atom is -0.456 e. The third-order valence-electron chi connectivity index (χ3n) is 4.89. The Morgan fingerprint density at radius 2 is 2.04 bits per heavy atom. The van der Waals surface area contributed by atoms with Gasteiger partial charge in [-0.2, -0.15) is 0 Å². The van der Waals surface area contributed by atoms with Crippen LogP contribution in [0.3, 0.4) is 0 Å². The zero-order chi connectivity index (χ0) is 16.9. The van der Waals surface area contributed by atoms with Gasteiger partial charge in [-0.1, -0.05) is 6.92 Å². The molecule has 150 valence electrons. The van der Waals surface area contributed by atoms with E-state index in [1.54, 1.807) is 0 Å². The molecule has 0 saturated carbocycles. The van der Waals surface area contributed by atoms with E-state index in [9.17, 15) is 4.79 Å². The second-order valence-corrected chi connectivity index (χ2v) is 6.63. The molecular weight excluding hydrogens is 377 g/mol. The lowest BCUT2D eigenvalue weighted by Crippen LogP contribution is -2.43. The topological polar surface area (TPSA) is 66.7 Å². The Morgan fingerprint density at radius 3 is 2.69 bits per heavy atom. The first-order chi connectivity index (χ1) is 11.7. The van der Waals surface area contributed by atoms with Gasteiger partial charge in [0, 0.05) is 38.2 Å². The molecule has 6 nitrogen and oxygen atoms in total. The summed E-state index contributed by atoms with van der Waals surface area (Å²) in [5.74, 6) is 1.21. The molecule has 3 rings (SSSR count). The van der Waals surface area contributed by atoms with Crippen molar-refractivity contribution in [2.24, 2.45) is 0 Å². The van der Waals surface area contributed by atoms with Gasteiger partial charge in [-0.05, 0) is 38.9 Å². The van der Waals surface area contributed by atoms with Crippen LogP contribution in [-0.2, 0) is 17.7 Å². The maximum absolute atomic E-state index is 12.6. The van der Waals surface area contributed by atoms with Crippen molar-refractivity contribution >= 4 is 30.7 Å². The zero-order valence-corrected chi connectivity index (χ0v) is 17.2. The number of carbonyl (C=O) groups is 1. The Balaban J connectivity index is 0.00000169. The van der Waals surface area contributed by atoms with Crippen LogP contribution >= 0.6 is 24.8 Å². The summed E-state index contributed by atoms with van der Waals surface area (Å²) in [6, 6.07) is 1.92. The molecular formula is C18H31Cl2N3O3. The fraction of sp³-hybridized carbons (Fsp3) is 0.722. The standard InChI is InChI=1S/C18H29N3O3.2ClH/c1-3-15-13(12-21-7-5-6-8-21)9-16(24-15)18(22)20-14-10-19-11-17(14)23-4-2;;/h9,14,17,19H,3-8,10-12H2,1-2H3,(H,20,22);2*1H/t14-,17-;;/m0../s1. The molecule has 1 amide bonds. The van der Waals surface area contributed by atoms with E-state index in [-0.39, 0.29) is 42.9 Å². The lowest BCUT2D eigenvalue weighted by Gasteiger charge is -2.19. The first-order valence-corrected chi connectivity index (χ1v) is 9.18. The number of nitrogens with zero attached hydrogens (tertiary/aromatic N) is 1. The van der Waals surface area contributed by atoms with Crippen LogP contribution in [0.1, 0.15) is 48.6 Å². The Hall–Kier alpha value is -0.790. The average Bonchev–Trinajstić information content (AvgIpc) is 3.30. The van der Waals surface area contributed by atoms with E-state index in [0.29, 0.717) is 12.4 Å². The predicted molar refractivity (Wildman–Crippen MR) is 107 cm³/mol. The van der Waals surface area contributed by atoms with Gasteiger partial charge < -0.3 is 19.8 Å². The molecule has 0 unspecified atom stereocenters. The molecule has 2 saturated heterocycles. The molecule has 2 N–H and O–H groups in total. The van der Waals surface area contributed by atoms with E-state index in [2.05, 4.69) is 22.5 Å². The summed E-state index contributed by atoms with van der Waals surface area (Å²) in [6.07, 6.45) is 3.37. The smallest absolute Gasteiger partial charge is 0.287 e. The molecule has 2 atom stereocenters. The van der Waals surface area contributed by atoms with Gasteiger partial charge in [0.1, 0.15) is 5.76 Å². The summed E-state index contributed by atoms with van der Waals surface area (Å²) in [7, 11) is 0. The van der Waals surface area contributed by atoms with Crippen LogP contribution in [0.5, 0.6) is 0 Å². The molecule has 1 aromatic heterocycles. The van der Waals surface area contributed by atoms with E-state index < -0.39 is 0 Å². The van der Waals surface area contributed by atoms with Crippen LogP contribution in [0.4, 0.5) is 0 Å². The first-order valence-electron chi connectivity index (χ1n) is 9.18. The second-order valence-electron chi connectivity index (χ2n) is 6.63. The normalized spacial score (nSPS) is 22.7. The van der Waals surface area contributed by atoms with Crippen LogP contribution < -0.4 is 10.6 Å². The zero-order valence-electron chi connectivity index (χ0n) is 15.6. The number of rotatable bonds is 7. The monoisotopic (exact) mass is 407 g/mol. The van der Waals surface area contributed by atoms with E-state index in [4.69, 9.17) is 9.15 Å². The maximum Gasteiger partial charge on any atom is 0.287 e.